The van der Waals surface area contributed by atoms with Crippen molar-refractivity contribution < 1.29 is 4.74 Å². The van der Waals surface area contributed by atoms with Gasteiger partial charge in [-0.1, -0.05) is 11.6 Å². The molecule has 0 aliphatic carbocycles. The van der Waals surface area contributed by atoms with Gasteiger partial charge in [-0.25, -0.2) is 4.98 Å². The number of nitrogens with zero attached hydrogens (tertiary/aromatic N) is 1. The first kappa shape index (κ1) is 8.01. The molecular weight excluding hydrogens is 164 g/mol. The zero-order valence-corrected chi connectivity index (χ0v) is 6.72. The van der Waals surface area contributed by atoms with Crippen molar-refractivity contribution >= 4 is 17.8 Å². The second kappa shape index (κ2) is 3.34. The Bertz CT molecular complexity index is 275. The van der Waals surface area contributed by atoms with Gasteiger partial charge in [-0.15, -0.1) is 0 Å². The van der Waals surface area contributed by atoms with Crippen LogP contribution in [0.2, 0.25) is 5.15 Å². The molecule has 11 heavy (non-hydrogen) atoms. The van der Waals surface area contributed by atoms with E-state index >= 15 is 0 Å². The van der Waals surface area contributed by atoms with Crippen LogP contribution in [0.25, 0.3) is 0 Å². The lowest BCUT2D eigenvalue weighted by Gasteiger charge is -2.03. The first-order valence-corrected chi connectivity index (χ1v) is 3.36. The van der Waals surface area contributed by atoms with Crippen LogP contribution in [-0.4, -0.2) is 18.3 Å². The summed E-state index contributed by atoms with van der Waals surface area (Å²) in [6.07, 6.45) is 2.71. The molecule has 0 aromatic carbocycles. The quantitative estimate of drug-likeness (QED) is 0.543. The van der Waals surface area contributed by atoms with E-state index in [1.54, 1.807) is 6.07 Å². The van der Waals surface area contributed by atoms with Crippen LogP contribution in [-0.2, 0) is 0 Å². The number of methoxy groups -OCH3 is 1. The van der Waals surface area contributed by atoms with E-state index in [-0.39, 0.29) is 5.15 Å². The van der Waals surface area contributed by atoms with Crippen LogP contribution in [0.3, 0.4) is 0 Å². The van der Waals surface area contributed by atoms with Gasteiger partial charge in [-0.3, -0.25) is 0 Å². The maximum absolute atomic E-state index is 6.99. The van der Waals surface area contributed by atoms with Crippen molar-refractivity contribution in [3.8, 4) is 5.75 Å². The van der Waals surface area contributed by atoms with E-state index in [1.165, 1.54) is 19.5 Å². The van der Waals surface area contributed by atoms with Crippen LogP contribution < -0.4 is 4.74 Å². The lowest BCUT2D eigenvalue weighted by atomic mass is 10.3. The molecule has 0 spiro atoms. The number of hydrogen-bond donors (Lipinski definition) is 1. The van der Waals surface area contributed by atoms with Gasteiger partial charge in [0.2, 0.25) is 0 Å². The van der Waals surface area contributed by atoms with Gasteiger partial charge in [0, 0.05) is 18.0 Å². The summed E-state index contributed by atoms with van der Waals surface area (Å²) < 4.78 is 4.92. The maximum Gasteiger partial charge on any atom is 0.171 e. The molecule has 58 valence electrons. The fraction of sp³-hybridized carbons (Fsp3) is 0.143. The van der Waals surface area contributed by atoms with Crippen molar-refractivity contribution in [2.45, 2.75) is 0 Å². The average molecular weight is 171 g/mol. The summed E-state index contributed by atoms with van der Waals surface area (Å²) in [7, 11) is 1.50. The van der Waals surface area contributed by atoms with Crippen LogP contribution in [0.15, 0.2) is 12.3 Å². The first-order valence-electron chi connectivity index (χ1n) is 2.98. The molecule has 0 unspecified atom stereocenters. The minimum absolute atomic E-state index is 0.286. The Labute approximate surface area is 69.5 Å². The summed E-state index contributed by atoms with van der Waals surface area (Å²) in [6, 6.07) is 1.66. The summed E-state index contributed by atoms with van der Waals surface area (Å²) in [4.78, 5) is 3.80. The Morgan fingerprint density at radius 2 is 2.45 bits per heavy atom. The van der Waals surface area contributed by atoms with E-state index in [0.717, 1.165) is 0 Å². The van der Waals surface area contributed by atoms with Gasteiger partial charge in [0.05, 0.1) is 7.11 Å². The minimum Gasteiger partial charge on any atom is -0.493 e. The Morgan fingerprint density at radius 3 is 2.91 bits per heavy atom. The van der Waals surface area contributed by atoms with Gasteiger partial charge in [-0.05, 0) is 6.07 Å². The van der Waals surface area contributed by atoms with E-state index in [0.29, 0.717) is 11.3 Å². The molecule has 0 atom stereocenters. The van der Waals surface area contributed by atoms with E-state index in [9.17, 15) is 0 Å². The lowest BCUT2D eigenvalue weighted by molar-refractivity contribution is 0.412. The van der Waals surface area contributed by atoms with Crippen LogP contribution >= 0.6 is 11.6 Å². The highest BCUT2D eigenvalue weighted by Gasteiger charge is 2.04. The standard InChI is InChI=1S/C7H7ClN2O/c1-11-6-5(4-9)2-3-10-7(6)8/h2-4,9H,1H3. The third-order valence-electron chi connectivity index (χ3n) is 1.25. The predicted molar refractivity (Wildman–Crippen MR) is 43.7 cm³/mol. The van der Waals surface area contributed by atoms with Crippen LogP contribution in [0.4, 0.5) is 0 Å². The normalized spacial score (nSPS) is 9.27. The Morgan fingerprint density at radius 1 is 1.73 bits per heavy atom. The van der Waals surface area contributed by atoms with E-state index in [4.69, 9.17) is 21.7 Å². The molecular formula is C7H7ClN2O. The Hall–Kier alpha value is -1.09. The summed E-state index contributed by atoms with van der Waals surface area (Å²) in [6.45, 7) is 0. The zero-order valence-electron chi connectivity index (χ0n) is 5.97. The predicted octanol–water partition coefficient (Wildman–Crippen LogP) is 1.74. The minimum atomic E-state index is 0.286. The van der Waals surface area contributed by atoms with Crippen molar-refractivity contribution in [2.75, 3.05) is 7.11 Å². The van der Waals surface area contributed by atoms with E-state index < -0.39 is 0 Å². The fourth-order valence-corrected chi connectivity index (χ4v) is 0.995. The van der Waals surface area contributed by atoms with E-state index in [2.05, 4.69) is 4.98 Å². The molecule has 0 saturated heterocycles. The van der Waals surface area contributed by atoms with E-state index in [1.807, 2.05) is 0 Å². The van der Waals surface area contributed by atoms with Crippen LogP contribution in [0.5, 0.6) is 5.75 Å². The number of nitrogens with one attached hydrogen (secondary N) is 1. The Balaban J connectivity index is 3.23. The Kier molecular flexibility index (Phi) is 2.44. The lowest BCUT2D eigenvalue weighted by Crippen LogP contribution is -1.92. The number of halogens is 1. The number of hydrogen-bond acceptors (Lipinski definition) is 3. The molecule has 4 heteroatoms. The molecule has 0 aliphatic heterocycles. The summed E-state index contributed by atoms with van der Waals surface area (Å²) in [5.74, 6) is 0.448. The van der Waals surface area contributed by atoms with Crippen molar-refractivity contribution in [3.05, 3.63) is 23.0 Å². The molecule has 0 saturated carbocycles. The third-order valence-corrected chi connectivity index (χ3v) is 1.52. The maximum atomic E-state index is 6.99. The second-order valence-electron chi connectivity index (χ2n) is 1.87. The molecule has 1 aromatic heterocycles. The van der Waals surface area contributed by atoms with Gasteiger partial charge in [-0.2, -0.15) is 0 Å². The van der Waals surface area contributed by atoms with Gasteiger partial charge in [0.15, 0.2) is 10.9 Å². The van der Waals surface area contributed by atoms with Crippen molar-refractivity contribution in [2.24, 2.45) is 0 Å². The number of ether oxygens (including phenoxy) is 1. The van der Waals surface area contributed by atoms with Gasteiger partial charge < -0.3 is 10.1 Å². The number of pyridine rings is 1. The van der Waals surface area contributed by atoms with Crippen molar-refractivity contribution in [1.82, 2.24) is 4.98 Å². The highest BCUT2D eigenvalue weighted by atomic mass is 35.5. The smallest absolute Gasteiger partial charge is 0.171 e. The molecule has 3 nitrogen and oxygen atoms in total. The van der Waals surface area contributed by atoms with Crippen LogP contribution in [0.1, 0.15) is 5.56 Å². The van der Waals surface area contributed by atoms with Gasteiger partial charge in [0.25, 0.3) is 0 Å². The summed E-state index contributed by atoms with van der Waals surface area (Å²) >= 11 is 5.67. The topological polar surface area (TPSA) is 46.0 Å². The summed E-state index contributed by atoms with van der Waals surface area (Å²) in [5, 5.41) is 7.28. The molecule has 0 bridgehead atoms. The van der Waals surface area contributed by atoms with Crippen molar-refractivity contribution in [3.63, 3.8) is 0 Å². The largest absolute Gasteiger partial charge is 0.493 e. The molecule has 1 aromatic rings. The van der Waals surface area contributed by atoms with Gasteiger partial charge >= 0.3 is 0 Å². The molecule has 0 fully saturated rings. The molecule has 0 aliphatic rings. The molecule has 1 heterocycles. The zero-order chi connectivity index (χ0) is 8.27. The molecule has 1 N–H and O–H groups in total. The average Bonchev–Trinajstić information content (AvgIpc) is 2.04. The second-order valence-corrected chi connectivity index (χ2v) is 2.23. The molecule has 0 radical (unpaired) electrons. The number of rotatable bonds is 2. The first-order chi connectivity index (χ1) is 5.29. The SMILES string of the molecule is COc1c(C=N)ccnc1Cl. The monoisotopic (exact) mass is 170 g/mol. The molecule has 1 rings (SSSR count). The van der Waals surface area contributed by atoms with Crippen molar-refractivity contribution in [1.29, 1.82) is 5.41 Å². The van der Waals surface area contributed by atoms with Crippen LogP contribution in [0, 0.1) is 5.41 Å². The molecule has 0 amide bonds. The third kappa shape index (κ3) is 1.49. The fourth-order valence-electron chi connectivity index (χ4n) is 0.752. The summed E-state index contributed by atoms with van der Waals surface area (Å²) in [5.41, 5.74) is 0.632. The highest BCUT2D eigenvalue weighted by Crippen LogP contribution is 2.23. The highest BCUT2D eigenvalue weighted by molar-refractivity contribution is 6.31. The van der Waals surface area contributed by atoms with Gasteiger partial charge in [0.1, 0.15) is 0 Å². The number of aromatic nitrogens is 1.